The first-order valence-electron chi connectivity index (χ1n) is 9.35. The third-order valence-electron chi connectivity index (χ3n) is 4.45. The molecule has 0 amide bonds. The number of ether oxygens (including phenoxy) is 1. The van der Waals surface area contributed by atoms with E-state index in [-0.39, 0.29) is 0 Å². The van der Waals surface area contributed by atoms with Crippen LogP contribution < -0.4 is 31.8 Å². The Hall–Kier alpha value is -2.60. The van der Waals surface area contributed by atoms with Crippen LogP contribution in [0.3, 0.4) is 0 Å². The third kappa shape index (κ3) is 4.14. The number of aryl methyl sites for hydroxylation is 1. The summed E-state index contributed by atoms with van der Waals surface area (Å²) in [4.78, 5) is 0. The van der Waals surface area contributed by atoms with Crippen LogP contribution in [0.15, 0.2) is 36.4 Å². The molecule has 140 valence electrons. The quantitative estimate of drug-likeness (QED) is 0.405. The van der Waals surface area contributed by atoms with Crippen LogP contribution in [0.4, 0.5) is 22.7 Å². The number of nitrogen functional groups attached to an aromatic ring is 1. The molecule has 0 saturated heterocycles. The molecule has 6 heteroatoms. The van der Waals surface area contributed by atoms with Crippen LogP contribution in [0.2, 0.25) is 0 Å². The van der Waals surface area contributed by atoms with Crippen molar-refractivity contribution >= 4 is 22.7 Å². The van der Waals surface area contributed by atoms with Crippen molar-refractivity contribution in [1.82, 2.24) is 5.32 Å². The van der Waals surface area contributed by atoms with E-state index in [2.05, 4.69) is 47.4 Å². The van der Waals surface area contributed by atoms with E-state index in [0.717, 1.165) is 55.0 Å². The summed E-state index contributed by atoms with van der Waals surface area (Å²) < 4.78 is 5.93. The van der Waals surface area contributed by atoms with Crippen LogP contribution in [-0.2, 0) is 6.42 Å². The van der Waals surface area contributed by atoms with Gasteiger partial charge in [0.25, 0.3) is 0 Å². The monoisotopic (exact) mass is 355 g/mol. The second-order valence-corrected chi connectivity index (χ2v) is 6.54. The SMILES string of the molecule is CCCCOc1c(N)ccc2c1NN(c1cccc(CCCNC)c1)N2. The average Bonchev–Trinajstić information content (AvgIpc) is 3.09. The van der Waals surface area contributed by atoms with Gasteiger partial charge in [-0.2, -0.15) is 5.12 Å². The lowest BCUT2D eigenvalue weighted by Crippen LogP contribution is -2.29. The normalized spacial score (nSPS) is 12.5. The number of hydrazine groups is 2. The summed E-state index contributed by atoms with van der Waals surface area (Å²) in [6, 6.07) is 12.4. The molecule has 0 radical (unpaired) electrons. The van der Waals surface area contributed by atoms with E-state index >= 15 is 0 Å². The zero-order valence-electron chi connectivity index (χ0n) is 15.6. The fourth-order valence-electron chi connectivity index (χ4n) is 2.99. The summed E-state index contributed by atoms with van der Waals surface area (Å²) in [6.45, 7) is 3.83. The van der Waals surface area contributed by atoms with Crippen molar-refractivity contribution in [3.05, 3.63) is 42.0 Å². The fourth-order valence-corrected chi connectivity index (χ4v) is 2.99. The first kappa shape index (κ1) is 18.2. The Morgan fingerprint density at radius 1 is 1.15 bits per heavy atom. The summed E-state index contributed by atoms with van der Waals surface area (Å²) in [5.41, 5.74) is 17.8. The Morgan fingerprint density at radius 3 is 2.85 bits per heavy atom. The highest BCUT2D eigenvalue weighted by Crippen LogP contribution is 2.42. The molecule has 0 unspecified atom stereocenters. The minimum Gasteiger partial charge on any atom is -0.489 e. The van der Waals surface area contributed by atoms with Crippen LogP contribution in [-0.4, -0.2) is 20.2 Å². The second kappa shape index (κ2) is 8.67. The van der Waals surface area contributed by atoms with Crippen molar-refractivity contribution in [2.75, 3.05) is 41.9 Å². The zero-order valence-corrected chi connectivity index (χ0v) is 15.6. The second-order valence-electron chi connectivity index (χ2n) is 6.54. The van der Waals surface area contributed by atoms with E-state index in [1.54, 1.807) is 0 Å². The molecule has 2 aromatic carbocycles. The van der Waals surface area contributed by atoms with Crippen molar-refractivity contribution in [2.45, 2.75) is 32.6 Å². The van der Waals surface area contributed by atoms with Crippen molar-refractivity contribution < 1.29 is 4.74 Å². The largest absolute Gasteiger partial charge is 0.489 e. The lowest BCUT2D eigenvalue weighted by Gasteiger charge is -2.20. The number of nitrogens with one attached hydrogen (secondary N) is 3. The Kier molecular flexibility index (Phi) is 6.07. The first-order valence-corrected chi connectivity index (χ1v) is 9.35. The van der Waals surface area contributed by atoms with Crippen molar-refractivity contribution in [3.8, 4) is 5.75 Å². The van der Waals surface area contributed by atoms with Gasteiger partial charge in [-0.15, -0.1) is 0 Å². The van der Waals surface area contributed by atoms with Gasteiger partial charge >= 0.3 is 0 Å². The molecule has 2 aromatic rings. The maximum Gasteiger partial charge on any atom is 0.169 e. The van der Waals surface area contributed by atoms with E-state index in [0.29, 0.717) is 12.3 Å². The van der Waals surface area contributed by atoms with Crippen LogP contribution in [0.5, 0.6) is 5.75 Å². The Morgan fingerprint density at radius 2 is 2.04 bits per heavy atom. The third-order valence-corrected chi connectivity index (χ3v) is 4.45. The molecule has 0 spiro atoms. The van der Waals surface area contributed by atoms with Crippen LogP contribution in [0.25, 0.3) is 0 Å². The molecule has 26 heavy (non-hydrogen) atoms. The van der Waals surface area contributed by atoms with Crippen molar-refractivity contribution in [1.29, 1.82) is 0 Å². The fraction of sp³-hybridized carbons (Fsp3) is 0.400. The summed E-state index contributed by atoms with van der Waals surface area (Å²) in [5, 5.41) is 5.11. The van der Waals surface area contributed by atoms with Gasteiger partial charge in [-0.05, 0) is 62.7 Å². The maximum atomic E-state index is 6.13. The molecule has 0 atom stereocenters. The Labute approximate surface area is 155 Å². The Bertz CT molecular complexity index is 734. The Balaban J connectivity index is 1.74. The molecule has 1 heterocycles. The molecule has 0 fully saturated rings. The van der Waals surface area contributed by atoms with Crippen molar-refractivity contribution in [3.63, 3.8) is 0 Å². The van der Waals surface area contributed by atoms with E-state index in [9.17, 15) is 0 Å². The zero-order chi connectivity index (χ0) is 18.4. The molecule has 0 saturated carbocycles. The summed E-state index contributed by atoms with van der Waals surface area (Å²) in [7, 11) is 1.98. The number of rotatable bonds is 9. The van der Waals surface area contributed by atoms with Gasteiger partial charge in [-0.25, -0.2) is 0 Å². The van der Waals surface area contributed by atoms with Gasteiger partial charge in [-0.1, -0.05) is 25.5 Å². The molecular weight excluding hydrogens is 326 g/mol. The summed E-state index contributed by atoms with van der Waals surface area (Å²) in [5.74, 6) is 0.719. The molecule has 6 nitrogen and oxygen atoms in total. The van der Waals surface area contributed by atoms with Gasteiger partial charge in [-0.3, -0.25) is 10.9 Å². The first-order chi connectivity index (χ1) is 12.7. The number of anilines is 4. The van der Waals surface area contributed by atoms with E-state index < -0.39 is 0 Å². The molecular formula is C20H29N5O. The van der Waals surface area contributed by atoms with Crippen LogP contribution >= 0.6 is 0 Å². The number of unbranched alkanes of at least 4 members (excludes halogenated alkanes) is 1. The average molecular weight is 355 g/mol. The molecule has 3 rings (SSSR count). The van der Waals surface area contributed by atoms with Gasteiger partial charge in [0.1, 0.15) is 5.69 Å². The van der Waals surface area contributed by atoms with E-state index in [1.807, 2.05) is 24.3 Å². The predicted molar refractivity (Wildman–Crippen MR) is 110 cm³/mol. The predicted octanol–water partition coefficient (Wildman–Crippen LogP) is 3.77. The molecule has 1 aliphatic heterocycles. The molecule has 0 bridgehead atoms. The number of hydrogen-bond donors (Lipinski definition) is 4. The minimum absolute atomic E-state index is 0.650. The minimum atomic E-state index is 0.650. The highest BCUT2D eigenvalue weighted by atomic mass is 16.5. The standard InChI is InChI=1S/C20H29N5O/c1-3-4-13-26-20-17(21)10-11-18-19(20)24-25(23-18)16-9-5-7-15(14-16)8-6-12-22-2/h5,7,9-11,14,22-24H,3-4,6,8,12-13,21H2,1-2H3. The smallest absolute Gasteiger partial charge is 0.169 e. The number of nitrogens with two attached hydrogens (primary N) is 1. The van der Waals surface area contributed by atoms with Gasteiger partial charge in [0.15, 0.2) is 5.75 Å². The maximum absolute atomic E-state index is 6.13. The molecule has 5 N–H and O–H groups in total. The molecule has 1 aliphatic rings. The van der Waals surface area contributed by atoms with Crippen molar-refractivity contribution in [2.24, 2.45) is 0 Å². The molecule has 0 aliphatic carbocycles. The highest BCUT2D eigenvalue weighted by Gasteiger charge is 2.23. The molecule has 0 aromatic heterocycles. The van der Waals surface area contributed by atoms with Gasteiger partial charge < -0.3 is 15.8 Å². The lowest BCUT2D eigenvalue weighted by atomic mass is 10.1. The highest BCUT2D eigenvalue weighted by molar-refractivity contribution is 5.88. The number of benzene rings is 2. The van der Waals surface area contributed by atoms with E-state index in [1.165, 1.54) is 5.56 Å². The van der Waals surface area contributed by atoms with Crippen LogP contribution in [0.1, 0.15) is 31.7 Å². The lowest BCUT2D eigenvalue weighted by molar-refractivity contribution is 0.312. The van der Waals surface area contributed by atoms with Gasteiger partial charge in [0.05, 0.1) is 23.7 Å². The summed E-state index contributed by atoms with van der Waals surface area (Å²) in [6.07, 6.45) is 4.27. The van der Waals surface area contributed by atoms with Gasteiger partial charge in [0, 0.05) is 0 Å². The van der Waals surface area contributed by atoms with E-state index in [4.69, 9.17) is 10.5 Å². The van der Waals surface area contributed by atoms with Crippen LogP contribution in [0, 0.1) is 0 Å². The number of fused-ring (bicyclic) bond motifs is 1. The van der Waals surface area contributed by atoms with Gasteiger partial charge in [0.2, 0.25) is 0 Å². The number of nitrogens with zero attached hydrogens (tertiary/aromatic N) is 1. The summed E-state index contributed by atoms with van der Waals surface area (Å²) >= 11 is 0. The topological polar surface area (TPSA) is 74.6 Å². The number of hydrogen-bond acceptors (Lipinski definition) is 6.